The molecule has 4 saturated carbocycles. The van der Waals surface area contributed by atoms with Crippen LogP contribution in [0, 0.1) is 34.5 Å². The van der Waals surface area contributed by atoms with E-state index in [0.717, 1.165) is 19.3 Å². The maximum atomic E-state index is 13.5. The number of carbonyl (C=O) groups is 2. The molecule has 0 heterocycles. The monoisotopic (exact) mass is 532 g/mol. The molecule has 0 bridgehead atoms. The number of hydroxylamine groups is 3. The molecule has 0 unspecified atom stereocenters. The van der Waals surface area contributed by atoms with E-state index in [4.69, 9.17) is 8.47 Å². The van der Waals surface area contributed by atoms with Crippen LogP contribution in [0.5, 0.6) is 0 Å². The van der Waals surface area contributed by atoms with Gasteiger partial charge in [-0.25, -0.2) is 4.18 Å². The third-order valence-electron chi connectivity index (χ3n) is 10.0. The maximum absolute atomic E-state index is 13.5. The van der Waals surface area contributed by atoms with E-state index in [-0.39, 0.29) is 80.1 Å². The molecule has 4 rings (SSSR count). The van der Waals surface area contributed by atoms with Crippen LogP contribution in [0.2, 0.25) is 0 Å². The Morgan fingerprint density at radius 3 is 2.22 bits per heavy atom. The summed E-state index contributed by atoms with van der Waals surface area (Å²) in [7, 11) is -4.49. The molecule has 0 saturated heterocycles. The van der Waals surface area contributed by atoms with Gasteiger partial charge in [-0.05, 0) is 66.0 Å². The first-order valence-electron chi connectivity index (χ1n) is 13.3. The first kappa shape index (κ1) is 28.1. The molecule has 11 heteroatoms. The van der Waals surface area contributed by atoms with Gasteiger partial charge in [-0.15, -0.1) is 0 Å². The number of ketones is 2. The summed E-state index contributed by atoms with van der Waals surface area (Å²) in [4.78, 5) is 26.1. The van der Waals surface area contributed by atoms with Crippen LogP contribution in [0.15, 0.2) is 0 Å². The number of carbonyl (C=O) groups excluding carboxylic acids is 2. The molecule has 7 atom stereocenters. The average Bonchev–Trinajstić information content (AvgIpc) is 3.07. The molecule has 36 heavy (non-hydrogen) atoms. The lowest BCUT2D eigenvalue weighted by Crippen LogP contribution is -2.58. The zero-order chi connectivity index (χ0) is 26.4. The molecule has 4 aliphatic carbocycles. The number of quaternary nitrogens is 1. The molecule has 0 aromatic heterocycles. The number of nitrogens with zero attached hydrogens (tertiary/aromatic N) is 1. The Hall–Kier alpha value is -0.950. The van der Waals surface area contributed by atoms with Gasteiger partial charge >= 0.3 is 10.4 Å². The predicted molar refractivity (Wildman–Crippen MR) is 128 cm³/mol. The lowest BCUT2D eigenvalue weighted by molar-refractivity contribution is -1.08. The Balaban J connectivity index is 1.46. The van der Waals surface area contributed by atoms with Crippen molar-refractivity contribution in [3.05, 3.63) is 0 Å². The van der Waals surface area contributed by atoms with E-state index >= 15 is 0 Å². The van der Waals surface area contributed by atoms with Crippen molar-refractivity contribution >= 4 is 22.0 Å². The minimum absolute atomic E-state index is 0.1000. The van der Waals surface area contributed by atoms with Crippen molar-refractivity contribution in [1.82, 2.24) is 0 Å². The van der Waals surface area contributed by atoms with Gasteiger partial charge in [0.2, 0.25) is 0 Å². The Bertz CT molecular complexity index is 938. The van der Waals surface area contributed by atoms with Gasteiger partial charge in [-0.3, -0.25) is 9.59 Å². The second-order valence-electron chi connectivity index (χ2n) is 11.9. The van der Waals surface area contributed by atoms with Crippen molar-refractivity contribution in [2.24, 2.45) is 34.5 Å². The number of Topliss-reactive ketones (excluding diaryl/α,β-unsaturated/α-hetero) is 2. The highest BCUT2D eigenvalue weighted by molar-refractivity contribution is 7.81. The maximum Gasteiger partial charge on any atom is 0.444 e. The summed E-state index contributed by atoms with van der Waals surface area (Å²) >= 11 is 0. The summed E-state index contributed by atoms with van der Waals surface area (Å²) in [6.45, 7) is 2.62. The second kappa shape index (κ2) is 10.3. The van der Waals surface area contributed by atoms with Crippen molar-refractivity contribution in [1.29, 1.82) is 0 Å². The van der Waals surface area contributed by atoms with Crippen LogP contribution in [0.4, 0.5) is 0 Å². The summed E-state index contributed by atoms with van der Waals surface area (Å²) in [5.74, 6) is 0.912. The van der Waals surface area contributed by atoms with Crippen molar-refractivity contribution in [3.63, 3.8) is 0 Å². The van der Waals surface area contributed by atoms with E-state index in [1.807, 2.05) is 6.92 Å². The molecule has 4 aliphatic rings. The Kier molecular flexibility index (Phi) is 8.04. The zero-order valence-corrected chi connectivity index (χ0v) is 22.2. The van der Waals surface area contributed by atoms with Crippen LogP contribution in [0.25, 0.3) is 0 Å². The third kappa shape index (κ3) is 4.92. The van der Waals surface area contributed by atoms with Crippen LogP contribution in [-0.4, -0.2) is 85.5 Å². The van der Waals surface area contributed by atoms with Gasteiger partial charge in [0.1, 0.15) is 31.2 Å². The SMILES string of the molecule is C[C@]12CC[C@@H](OS(=O)(=O)O[N+](CCO)(CCO)CCO)C[C@H]1CC[C@@H]1[C@@H]2C(=O)C[C@]2(C)C(=O)CC[C@@H]12. The third-order valence-corrected chi connectivity index (χ3v) is 11.0. The molecule has 0 aromatic rings. The summed E-state index contributed by atoms with van der Waals surface area (Å²) in [6.07, 6.45) is 4.50. The molecule has 0 aliphatic heterocycles. The van der Waals surface area contributed by atoms with Crippen LogP contribution >= 0.6 is 0 Å². The van der Waals surface area contributed by atoms with E-state index in [1.165, 1.54) is 0 Å². The van der Waals surface area contributed by atoms with Crippen LogP contribution in [0.1, 0.15) is 65.2 Å². The topological polar surface area (TPSA) is 147 Å². The van der Waals surface area contributed by atoms with Crippen LogP contribution in [-0.2, 0) is 28.5 Å². The minimum Gasteiger partial charge on any atom is -0.390 e. The van der Waals surface area contributed by atoms with Crippen molar-refractivity contribution in [2.75, 3.05) is 39.5 Å². The standard InChI is InChI=1S/C25H42NO9S/c1-24-8-7-18(34-36(32,33)35-26(9-12-27,10-13-28)11-14-29)15-17(24)3-4-19-20-5-6-22(31)25(20,2)16-21(30)23(19)24/h17-20,23,27-29H,3-16H2,1-2H3/q+1/t17-,18-,19+,20+,23-,24+,25+/m1/s1. The first-order chi connectivity index (χ1) is 16.9. The Morgan fingerprint density at radius 1 is 0.972 bits per heavy atom. The van der Waals surface area contributed by atoms with Gasteiger partial charge in [0.25, 0.3) is 0 Å². The lowest BCUT2D eigenvalue weighted by atomic mass is 9.45. The lowest BCUT2D eigenvalue weighted by Gasteiger charge is -2.59. The summed E-state index contributed by atoms with van der Waals surface area (Å²) < 4.78 is 35.9. The number of hydrogen-bond acceptors (Lipinski definition) is 9. The van der Waals surface area contributed by atoms with Gasteiger partial charge in [-0.1, -0.05) is 13.8 Å². The molecule has 3 N–H and O–H groups in total. The summed E-state index contributed by atoms with van der Waals surface area (Å²) in [5.41, 5.74) is -0.766. The van der Waals surface area contributed by atoms with E-state index in [9.17, 15) is 33.3 Å². The van der Waals surface area contributed by atoms with E-state index in [2.05, 4.69) is 6.92 Å². The van der Waals surface area contributed by atoms with Crippen molar-refractivity contribution in [2.45, 2.75) is 71.3 Å². The van der Waals surface area contributed by atoms with Gasteiger partial charge in [-0.2, -0.15) is 13.1 Å². The highest BCUT2D eigenvalue weighted by atomic mass is 32.3. The van der Waals surface area contributed by atoms with Crippen LogP contribution in [0.3, 0.4) is 0 Å². The average molecular weight is 533 g/mol. The molecular formula is C25H42NO9S+. The quantitative estimate of drug-likeness (QED) is 0.278. The summed E-state index contributed by atoms with van der Waals surface area (Å²) in [6, 6.07) is 0. The number of rotatable bonds is 10. The van der Waals surface area contributed by atoms with Crippen molar-refractivity contribution < 1.29 is 46.4 Å². The molecule has 0 aromatic carbocycles. The Morgan fingerprint density at radius 2 is 1.61 bits per heavy atom. The molecule has 0 amide bonds. The number of aliphatic hydroxyl groups is 3. The number of hydrogen-bond donors (Lipinski definition) is 3. The fraction of sp³-hybridized carbons (Fsp3) is 0.920. The van der Waals surface area contributed by atoms with Gasteiger partial charge < -0.3 is 15.3 Å². The molecule has 206 valence electrons. The largest absolute Gasteiger partial charge is 0.444 e. The van der Waals surface area contributed by atoms with Gasteiger partial charge in [0.05, 0.1) is 25.9 Å². The minimum atomic E-state index is -4.49. The fourth-order valence-corrected chi connectivity index (χ4v) is 9.43. The molecule has 0 radical (unpaired) electrons. The second-order valence-corrected chi connectivity index (χ2v) is 13.1. The van der Waals surface area contributed by atoms with Crippen LogP contribution < -0.4 is 0 Å². The first-order valence-corrected chi connectivity index (χ1v) is 14.7. The summed E-state index contributed by atoms with van der Waals surface area (Å²) in [5, 5.41) is 28.2. The fourth-order valence-electron chi connectivity index (χ4n) is 8.27. The van der Waals surface area contributed by atoms with Crippen molar-refractivity contribution in [3.8, 4) is 0 Å². The molecule has 4 fully saturated rings. The normalized spacial score (nSPS) is 39.0. The zero-order valence-electron chi connectivity index (χ0n) is 21.4. The molecule has 0 spiro atoms. The number of fused-ring (bicyclic) bond motifs is 5. The van der Waals surface area contributed by atoms with Gasteiger partial charge in [0, 0.05) is 24.2 Å². The number of aliphatic hydroxyl groups excluding tert-OH is 3. The van der Waals surface area contributed by atoms with E-state index < -0.39 is 26.6 Å². The molecule has 10 nitrogen and oxygen atoms in total. The molecular weight excluding hydrogens is 490 g/mol. The predicted octanol–water partition coefficient (Wildman–Crippen LogP) is 1.13. The van der Waals surface area contributed by atoms with E-state index in [0.29, 0.717) is 32.1 Å². The van der Waals surface area contributed by atoms with Gasteiger partial charge in [0.15, 0.2) is 0 Å². The highest BCUT2D eigenvalue weighted by Crippen LogP contribution is 2.64. The smallest absolute Gasteiger partial charge is 0.390 e. The Labute approximate surface area is 213 Å². The van der Waals surface area contributed by atoms with E-state index in [1.54, 1.807) is 0 Å². The highest BCUT2D eigenvalue weighted by Gasteiger charge is 2.63.